The molecule has 0 unspecified atom stereocenters. The van der Waals surface area contributed by atoms with E-state index in [1.54, 1.807) is 13.1 Å². The van der Waals surface area contributed by atoms with Gasteiger partial charge >= 0.3 is 12.4 Å². The average Bonchev–Trinajstić information content (AvgIpc) is 3.04. The summed E-state index contributed by atoms with van der Waals surface area (Å²) in [6.07, 6.45) is -9.19. The Morgan fingerprint density at radius 2 is 1.76 bits per heavy atom. The van der Waals surface area contributed by atoms with E-state index in [1.807, 2.05) is 4.57 Å². The molecule has 0 atom stereocenters. The predicted octanol–water partition coefficient (Wildman–Crippen LogP) is 2.41. The first-order valence-corrected chi connectivity index (χ1v) is 9.25. The van der Waals surface area contributed by atoms with Gasteiger partial charge in [0, 0.05) is 45.0 Å². The van der Waals surface area contributed by atoms with Gasteiger partial charge in [-0.3, -0.25) is 9.69 Å². The molecular formula is C17H23F6N5O. The van der Waals surface area contributed by atoms with Crippen molar-refractivity contribution >= 4 is 5.91 Å². The molecule has 1 amide bonds. The van der Waals surface area contributed by atoms with Gasteiger partial charge in [0.1, 0.15) is 11.5 Å². The lowest BCUT2D eigenvalue weighted by Gasteiger charge is -2.47. The molecule has 0 saturated carbocycles. The molecule has 0 aliphatic carbocycles. The summed E-state index contributed by atoms with van der Waals surface area (Å²) in [5.74, 6) is 0.317. The second-order valence-electron chi connectivity index (χ2n) is 7.80. The Bertz CT molecular complexity index is 713. The number of amides is 1. The fraction of sp³-hybridized carbons (Fsp3) is 0.765. The summed E-state index contributed by atoms with van der Waals surface area (Å²) < 4.78 is 79.7. The number of likely N-dealkylation sites (tertiary alicyclic amines) is 1. The predicted molar refractivity (Wildman–Crippen MR) is 91.1 cm³/mol. The largest absolute Gasteiger partial charge is 0.412 e. The van der Waals surface area contributed by atoms with Gasteiger partial charge in [0.25, 0.3) is 5.91 Å². The maximum absolute atomic E-state index is 13.0. The molecule has 6 nitrogen and oxygen atoms in total. The number of alkyl halides is 6. The van der Waals surface area contributed by atoms with Crippen LogP contribution >= 0.6 is 0 Å². The highest BCUT2D eigenvalue weighted by atomic mass is 19.4. The molecule has 0 spiro atoms. The summed E-state index contributed by atoms with van der Waals surface area (Å²) in [6.45, 7) is 2.79. The maximum atomic E-state index is 13.0. The second kappa shape index (κ2) is 7.46. The van der Waals surface area contributed by atoms with E-state index in [2.05, 4.69) is 10.3 Å². The molecule has 1 N–H and O–H groups in total. The number of halogens is 6. The van der Waals surface area contributed by atoms with Crippen LogP contribution in [0.2, 0.25) is 0 Å². The lowest BCUT2D eigenvalue weighted by molar-refractivity contribution is -0.290. The van der Waals surface area contributed by atoms with Gasteiger partial charge < -0.3 is 14.8 Å². The zero-order valence-electron chi connectivity index (χ0n) is 16.1. The van der Waals surface area contributed by atoms with Gasteiger partial charge in [-0.15, -0.1) is 0 Å². The van der Waals surface area contributed by atoms with Crippen LogP contribution in [0.1, 0.15) is 36.1 Å². The molecule has 12 heteroatoms. The third kappa shape index (κ3) is 4.37. The highest BCUT2D eigenvalue weighted by molar-refractivity contribution is 5.92. The Labute approximate surface area is 163 Å². The zero-order chi connectivity index (χ0) is 21.6. The highest BCUT2D eigenvalue weighted by Gasteiger charge is 2.60. The van der Waals surface area contributed by atoms with Gasteiger partial charge in [-0.05, 0) is 19.8 Å². The number of hydrogen-bond acceptors (Lipinski definition) is 4. The molecule has 0 radical (unpaired) electrons. The van der Waals surface area contributed by atoms with Crippen LogP contribution in [0, 0.1) is 0 Å². The van der Waals surface area contributed by atoms with Crippen molar-refractivity contribution in [2.45, 2.75) is 56.8 Å². The Morgan fingerprint density at radius 1 is 1.17 bits per heavy atom. The number of carbonyl (C=O) groups excluding carboxylic acids is 1. The SMILES string of the molecule is CN(C(=O)c1cn2c(n1)CNCC2)C1(C)CCN(C(C(F)(F)F)C(F)(F)F)CC1. The molecule has 1 fully saturated rings. The summed E-state index contributed by atoms with van der Waals surface area (Å²) in [5.41, 5.74) is -0.643. The quantitative estimate of drug-likeness (QED) is 0.753. The van der Waals surface area contributed by atoms with E-state index in [0.29, 0.717) is 23.8 Å². The van der Waals surface area contributed by atoms with Crippen molar-refractivity contribution in [1.29, 1.82) is 0 Å². The number of carbonyl (C=O) groups is 1. The number of nitrogens with zero attached hydrogens (tertiary/aromatic N) is 4. The molecule has 3 rings (SSSR count). The first-order valence-electron chi connectivity index (χ1n) is 9.25. The van der Waals surface area contributed by atoms with Gasteiger partial charge in [-0.2, -0.15) is 26.3 Å². The number of piperidine rings is 1. The fourth-order valence-corrected chi connectivity index (χ4v) is 3.91. The number of fused-ring (bicyclic) bond motifs is 1. The third-order valence-electron chi connectivity index (χ3n) is 5.87. The summed E-state index contributed by atoms with van der Waals surface area (Å²) in [6, 6.07) is -3.49. The smallest absolute Gasteiger partial charge is 0.335 e. The first kappa shape index (κ1) is 21.9. The minimum Gasteiger partial charge on any atom is -0.335 e. The second-order valence-corrected chi connectivity index (χ2v) is 7.80. The molecule has 2 aliphatic rings. The Balaban J connectivity index is 1.70. The van der Waals surface area contributed by atoms with E-state index in [-0.39, 0.29) is 18.5 Å². The van der Waals surface area contributed by atoms with E-state index in [9.17, 15) is 31.1 Å². The van der Waals surface area contributed by atoms with E-state index in [4.69, 9.17) is 0 Å². The standard InChI is InChI=1S/C17H23F6N5O/c1-15(3-6-27(7-4-15)14(16(18,19)20)17(21,22)23)26(2)13(29)11-10-28-8-5-24-9-12(28)25-11/h10,14,24H,3-9H2,1-2H3. The lowest BCUT2D eigenvalue weighted by atomic mass is 9.87. The number of hydrogen-bond donors (Lipinski definition) is 1. The fourth-order valence-electron chi connectivity index (χ4n) is 3.91. The van der Waals surface area contributed by atoms with Gasteiger partial charge in [0.2, 0.25) is 6.04 Å². The zero-order valence-corrected chi connectivity index (χ0v) is 16.1. The van der Waals surface area contributed by atoms with E-state index < -0.39 is 42.9 Å². The highest BCUT2D eigenvalue weighted by Crippen LogP contribution is 2.40. The number of rotatable bonds is 3. The normalized spacial score (nSPS) is 20.6. The molecule has 2 aliphatic heterocycles. The van der Waals surface area contributed by atoms with Crippen LogP contribution in [0.15, 0.2) is 6.20 Å². The van der Waals surface area contributed by atoms with Crippen LogP contribution in [-0.2, 0) is 13.1 Å². The Morgan fingerprint density at radius 3 is 2.28 bits per heavy atom. The monoisotopic (exact) mass is 427 g/mol. The summed E-state index contributed by atoms with van der Waals surface area (Å²) in [7, 11) is 1.51. The van der Waals surface area contributed by atoms with E-state index in [0.717, 1.165) is 6.54 Å². The van der Waals surface area contributed by atoms with Gasteiger partial charge in [-0.1, -0.05) is 0 Å². The summed E-state index contributed by atoms with van der Waals surface area (Å²) in [4.78, 5) is 19.0. The van der Waals surface area contributed by atoms with Crippen molar-refractivity contribution in [1.82, 2.24) is 24.7 Å². The molecule has 0 bridgehead atoms. The topological polar surface area (TPSA) is 53.4 Å². The third-order valence-corrected chi connectivity index (χ3v) is 5.87. The van der Waals surface area contributed by atoms with Crippen LogP contribution in [0.5, 0.6) is 0 Å². The minimum atomic E-state index is -5.41. The van der Waals surface area contributed by atoms with Crippen molar-refractivity contribution in [3.05, 3.63) is 17.7 Å². The average molecular weight is 427 g/mol. The molecular weight excluding hydrogens is 404 g/mol. The summed E-state index contributed by atoms with van der Waals surface area (Å²) in [5, 5.41) is 3.14. The van der Waals surface area contributed by atoms with Gasteiger partial charge in [0.05, 0.1) is 6.54 Å². The molecule has 164 valence electrons. The number of imidazole rings is 1. The van der Waals surface area contributed by atoms with Crippen LogP contribution < -0.4 is 5.32 Å². The minimum absolute atomic E-state index is 0.00692. The molecule has 29 heavy (non-hydrogen) atoms. The summed E-state index contributed by atoms with van der Waals surface area (Å²) >= 11 is 0. The first-order chi connectivity index (χ1) is 13.3. The van der Waals surface area contributed by atoms with Crippen LogP contribution in [0.3, 0.4) is 0 Å². The molecule has 0 aromatic carbocycles. The van der Waals surface area contributed by atoms with Crippen molar-refractivity contribution in [3.8, 4) is 0 Å². The van der Waals surface area contributed by atoms with E-state index in [1.165, 1.54) is 11.9 Å². The van der Waals surface area contributed by atoms with Crippen molar-refractivity contribution in [3.63, 3.8) is 0 Å². The van der Waals surface area contributed by atoms with Crippen LogP contribution in [-0.4, -0.2) is 75.9 Å². The van der Waals surface area contributed by atoms with E-state index >= 15 is 0 Å². The Kier molecular flexibility index (Phi) is 5.63. The van der Waals surface area contributed by atoms with Crippen molar-refractivity contribution in [2.24, 2.45) is 0 Å². The Hall–Kier alpha value is -1.82. The molecule has 1 aromatic rings. The van der Waals surface area contributed by atoms with Crippen LogP contribution in [0.25, 0.3) is 0 Å². The molecule has 1 aromatic heterocycles. The number of nitrogens with one attached hydrogen (secondary N) is 1. The van der Waals surface area contributed by atoms with Crippen molar-refractivity contribution in [2.75, 3.05) is 26.7 Å². The van der Waals surface area contributed by atoms with Gasteiger partial charge in [0.15, 0.2) is 0 Å². The maximum Gasteiger partial charge on any atom is 0.412 e. The molecule has 1 saturated heterocycles. The lowest BCUT2D eigenvalue weighted by Crippen LogP contribution is -2.61. The molecule has 3 heterocycles. The van der Waals surface area contributed by atoms with Gasteiger partial charge in [-0.25, -0.2) is 4.98 Å². The number of aromatic nitrogens is 2. The van der Waals surface area contributed by atoms with Crippen molar-refractivity contribution < 1.29 is 31.1 Å². The van der Waals surface area contributed by atoms with Crippen LogP contribution in [0.4, 0.5) is 26.3 Å².